The molecule has 0 bridgehead atoms. The second-order valence-corrected chi connectivity index (χ2v) is 4.38. The van der Waals surface area contributed by atoms with Gasteiger partial charge >= 0.3 is 0 Å². The summed E-state index contributed by atoms with van der Waals surface area (Å²) in [6.07, 6.45) is 0. The zero-order chi connectivity index (χ0) is 10.7. The first-order chi connectivity index (χ1) is 6.57. The Bertz CT molecular complexity index is 366. The van der Waals surface area contributed by atoms with E-state index in [9.17, 15) is 0 Å². The largest absolute Gasteiger partial charge is 0.324 e. The van der Waals surface area contributed by atoms with Crippen LogP contribution in [-0.2, 0) is 0 Å². The number of benzene rings is 1. The maximum absolute atomic E-state index is 8.84. The van der Waals surface area contributed by atoms with Gasteiger partial charge in [0, 0.05) is 10.5 Å². The number of hydrogen-bond acceptors (Lipinski definition) is 2. The van der Waals surface area contributed by atoms with Crippen molar-refractivity contribution in [2.45, 2.75) is 19.9 Å². The van der Waals surface area contributed by atoms with Gasteiger partial charge in [0.05, 0.1) is 5.56 Å². The van der Waals surface area contributed by atoms with Crippen LogP contribution in [0.2, 0.25) is 0 Å². The first kappa shape index (κ1) is 11.2. The molecule has 2 N–H and O–H groups in total. The second-order valence-electron chi connectivity index (χ2n) is 3.59. The van der Waals surface area contributed by atoms with Crippen molar-refractivity contribution in [2.75, 3.05) is 0 Å². The van der Waals surface area contributed by atoms with E-state index in [1.807, 2.05) is 12.1 Å². The van der Waals surface area contributed by atoms with Crippen molar-refractivity contribution in [3.05, 3.63) is 33.8 Å². The summed E-state index contributed by atoms with van der Waals surface area (Å²) < 4.78 is 0.823. The Kier molecular flexibility index (Phi) is 3.68. The third-order valence-electron chi connectivity index (χ3n) is 2.23. The summed E-state index contributed by atoms with van der Waals surface area (Å²) in [5.41, 5.74) is 7.66. The normalized spacial score (nSPS) is 12.6. The molecule has 0 heterocycles. The van der Waals surface area contributed by atoms with Crippen LogP contribution in [0, 0.1) is 17.2 Å². The highest BCUT2D eigenvalue weighted by Gasteiger charge is 2.15. The van der Waals surface area contributed by atoms with Crippen molar-refractivity contribution in [3.63, 3.8) is 0 Å². The molecule has 0 saturated carbocycles. The summed E-state index contributed by atoms with van der Waals surface area (Å²) in [6.45, 7) is 4.13. The Labute approximate surface area is 92.9 Å². The van der Waals surface area contributed by atoms with E-state index in [0.29, 0.717) is 11.5 Å². The zero-order valence-corrected chi connectivity index (χ0v) is 9.88. The van der Waals surface area contributed by atoms with E-state index < -0.39 is 0 Å². The van der Waals surface area contributed by atoms with Gasteiger partial charge < -0.3 is 5.73 Å². The molecule has 0 radical (unpaired) electrons. The van der Waals surface area contributed by atoms with E-state index >= 15 is 0 Å². The van der Waals surface area contributed by atoms with Gasteiger partial charge in [0.15, 0.2) is 0 Å². The van der Waals surface area contributed by atoms with Gasteiger partial charge in [-0.3, -0.25) is 0 Å². The fourth-order valence-electron chi connectivity index (χ4n) is 1.25. The molecule has 0 saturated heterocycles. The SMILES string of the molecule is CC(C)[C@@H](N)c1cccc(C#N)c1Br. The lowest BCUT2D eigenvalue weighted by Crippen LogP contribution is -2.17. The van der Waals surface area contributed by atoms with Gasteiger partial charge in [-0.25, -0.2) is 0 Å². The van der Waals surface area contributed by atoms with Crippen LogP contribution in [0.1, 0.15) is 31.0 Å². The van der Waals surface area contributed by atoms with E-state index in [4.69, 9.17) is 11.0 Å². The molecular formula is C11H13BrN2. The van der Waals surface area contributed by atoms with Crippen LogP contribution in [0.25, 0.3) is 0 Å². The smallest absolute Gasteiger partial charge is 0.100 e. The summed E-state index contributed by atoms with van der Waals surface area (Å²) in [7, 11) is 0. The van der Waals surface area contributed by atoms with E-state index in [-0.39, 0.29) is 6.04 Å². The van der Waals surface area contributed by atoms with Gasteiger partial charge in [-0.2, -0.15) is 5.26 Å². The maximum Gasteiger partial charge on any atom is 0.100 e. The highest BCUT2D eigenvalue weighted by molar-refractivity contribution is 9.10. The monoisotopic (exact) mass is 252 g/mol. The molecule has 1 aromatic rings. The van der Waals surface area contributed by atoms with Gasteiger partial charge in [-0.05, 0) is 33.5 Å². The molecule has 74 valence electrons. The Balaban J connectivity index is 3.17. The van der Waals surface area contributed by atoms with Crippen molar-refractivity contribution in [3.8, 4) is 6.07 Å². The number of rotatable bonds is 2. The standard InChI is InChI=1S/C11H13BrN2/c1-7(2)11(14)9-5-3-4-8(6-13)10(9)12/h3-5,7,11H,14H2,1-2H3/t11-/m1/s1. The van der Waals surface area contributed by atoms with Crippen LogP contribution in [0.3, 0.4) is 0 Å². The quantitative estimate of drug-likeness (QED) is 0.880. The molecule has 0 fully saturated rings. The van der Waals surface area contributed by atoms with Crippen molar-refractivity contribution in [1.82, 2.24) is 0 Å². The minimum atomic E-state index is -0.0299. The van der Waals surface area contributed by atoms with Gasteiger partial charge in [0.2, 0.25) is 0 Å². The van der Waals surface area contributed by atoms with Gasteiger partial charge in [-0.15, -0.1) is 0 Å². The number of nitrogens with two attached hydrogens (primary N) is 1. The molecular weight excluding hydrogens is 240 g/mol. The molecule has 1 rings (SSSR count). The molecule has 0 aliphatic carbocycles. The van der Waals surface area contributed by atoms with Crippen LogP contribution >= 0.6 is 15.9 Å². The lowest BCUT2D eigenvalue weighted by atomic mass is 9.96. The molecule has 2 nitrogen and oxygen atoms in total. The third kappa shape index (κ3) is 2.14. The number of nitriles is 1. The molecule has 3 heteroatoms. The van der Waals surface area contributed by atoms with Gasteiger partial charge in [-0.1, -0.05) is 26.0 Å². The Morgan fingerprint density at radius 3 is 2.57 bits per heavy atom. The lowest BCUT2D eigenvalue weighted by Gasteiger charge is -2.17. The van der Waals surface area contributed by atoms with Gasteiger partial charge in [0.25, 0.3) is 0 Å². The number of nitrogens with zero attached hydrogens (tertiary/aromatic N) is 1. The third-order valence-corrected chi connectivity index (χ3v) is 3.11. The Hall–Kier alpha value is -0.850. The summed E-state index contributed by atoms with van der Waals surface area (Å²) in [5.74, 6) is 0.361. The van der Waals surface area contributed by atoms with E-state index in [2.05, 4.69) is 35.8 Å². The average Bonchev–Trinajstić information content (AvgIpc) is 2.17. The van der Waals surface area contributed by atoms with Crippen molar-refractivity contribution in [1.29, 1.82) is 5.26 Å². The average molecular weight is 253 g/mol. The van der Waals surface area contributed by atoms with Crippen molar-refractivity contribution < 1.29 is 0 Å². The predicted molar refractivity (Wildman–Crippen MR) is 60.6 cm³/mol. The molecule has 0 aliphatic rings. The highest BCUT2D eigenvalue weighted by Crippen LogP contribution is 2.28. The van der Waals surface area contributed by atoms with Gasteiger partial charge in [0.1, 0.15) is 6.07 Å². The second kappa shape index (κ2) is 4.59. The Morgan fingerprint density at radius 2 is 2.07 bits per heavy atom. The van der Waals surface area contributed by atoms with E-state index in [0.717, 1.165) is 10.0 Å². The summed E-state index contributed by atoms with van der Waals surface area (Å²) >= 11 is 3.41. The zero-order valence-electron chi connectivity index (χ0n) is 8.29. The molecule has 0 aromatic heterocycles. The predicted octanol–water partition coefficient (Wildman–Crippen LogP) is 2.98. The topological polar surface area (TPSA) is 49.8 Å². The van der Waals surface area contributed by atoms with E-state index in [1.54, 1.807) is 6.07 Å². The Morgan fingerprint density at radius 1 is 1.43 bits per heavy atom. The first-order valence-corrected chi connectivity index (χ1v) is 5.31. The molecule has 1 atom stereocenters. The molecule has 0 unspecified atom stereocenters. The van der Waals surface area contributed by atoms with Crippen LogP contribution in [-0.4, -0.2) is 0 Å². The van der Waals surface area contributed by atoms with Crippen LogP contribution in [0.4, 0.5) is 0 Å². The minimum Gasteiger partial charge on any atom is -0.324 e. The van der Waals surface area contributed by atoms with E-state index in [1.165, 1.54) is 0 Å². The van der Waals surface area contributed by atoms with Crippen LogP contribution < -0.4 is 5.73 Å². The highest BCUT2D eigenvalue weighted by atomic mass is 79.9. The summed E-state index contributed by atoms with van der Waals surface area (Å²) in [6, 6.07) is 7.69. The van der Waals surface area contributed by atoms with Crippen LogP contribution in [0.15, 0.2) is 22.7 Å². The molecule has 0 amide bonds. The maximum atomic E-state index is 8.84. The fourth-order valence-corrected chi connectivity index (χ4v) is 1.87. The lowest BCUT2D eigenvalue weighted by molar-refractivity contribution is 0.512. The number of halogens is 1. The fraction of sp³-hybridized carbons (Fsp3) is 0.364. The number of hydrogen-bond donors (Lipinski definition) is 1. The summed E-state index contributed by atoms with van der Waals surface area (Å²) in [4.78, 5) is 0. The first-order valence-electron chi connectivity index (χ1n) is 4.52. The van der Waals surface area contributed by atoms with Crippen molar-refractivity contribution >= 4 is 15.9 Å². The molecule has 1 aromatic carbocycles. The molecule has 0 spiro atoms. The molecule has 14 heavy (non-hydrogen) atoms. The summed E-state index contributed by atoms with van der Waals surface area (Å²) in [5, 5.41) is 8.84. The van der Waals surface area contributed by atoms with Crippen molar-refractivity contribution in [2.24, 2.45) is 11.7 Å². The minimum absolute atomic E-state index is 0.0299. The molecule has 0 aliphatic heterocycles. The van der Waals surface area contributed by atoms with Crippen LogP contribution in [0.5, 0.6) is 0 Å².